The third-order valence-electron chi connectivity index (χ3n) is 2.56. The van der Waals surface area contributed by atoms with Crippen molar-refractivity contribution in [2.45, 2.75) is 18.9 Å². The van der Waals surface area contributed by atoms with Crippen LogP contribution in [0.25, 0.3) is 0 Å². The molecule has 1 aromatic rings. The van der Waals surface area contributed by atoms with Crippen molar-refractivity contribution in [3.63, 3.8) is 0 Å². The van der Waals surface area contributed by atoms with Crippen molar-refractivity contribution >= 4 is 11.9 Å². The number of anilines is 1. The molecule has 1 saturated heterocycles. The maximum atomic E-state index is 10.6. The number of aliphatic hydroxyl groups is 1. The molecule has 0 aliphatic carbocycles. The Morgan fingerprint density at radius 1 is 1.44 bits per heavy atom. The van der Waals surface area contributed by atoms with Gasteiger partial charge in [0.15, 0.2) is 0 Å². The van der Waals surface area contributed by atoms with Gasteiger partial charge in [0.05, 0.1) is 11.7 Å². The average Bonchev–Trinajstić information content (AvgIpc) is 2.29. The number of hydrogen-bond acceptors (Lipinski definition) is 5. The summed E-state index contributed by atoms with van der Waals surface area (Å²) in [5.41, 5.74) is 0.0707. The summed E-state index contributed by atoms with van der Waals surface area (Å²) in [5, 5.41) is 18.2. The number of carboxylic acids is 1. The van der Waals surface area contributed by atoms with E-state index in [-0.39, 0.29) is 11.7 Å². The standard InChI is InChI=1S/C10H13N3O3/c14-8-2-1-3-13(6-8)10-11-4-7(5-12-10)9(15)16/h4-5,8,14H,1-3,6H2,(H,15,16). The maximum absolute atomic E-state index is 10.6. The zero-order valence-electron chi connectivity index (χ0n) is 8.70. The highest BCUT2D eigenvalue weighted by atomic mass is 16.4. The van der Waals surface area contributed by atoms with Crippen LogP contribution in [0.5, 0.6) is 0 Å². The molecule has 0 saturated carbocycles. The van der Waals surface area contributed by atoms with Crippen LogP contribution in [0.3, 0.4) is 0 Å². The molecule has 1 aliphatic heterocycles. The lowest BCUT2D eigenvalue weighted by molar-refractivity contribution is 0.0696. The van der Waals surface area contributed by atoms with Crippen LogP contribution in [0, 0.1) is 0 Å². The monoisotopic (exact) mass is 223 g/mol. The number of rotatable bonds is 2. The van der Waals surface area contributed by atoms with Crippen LogP contribution >= 0.6 is 0 Å². The molecule has 0 radical (unpaired) electrons. The smallest absolute Gasteiger partial charge is 0.338 e. The van der Waals surface area contributed by atoms with Crippen LogP contribution in [0.2, 0.25) is 0 Å². The van der Waals surface area contributed by atoms with Crippen LogP contribution in [0.1, 0.15) is 23.2 Å². The SMILES string of the molecule is O=C(O)c1cnc(N2CCCC(O)C2)nc1. The third-order valence-corrected chi connectivity index (χ3v) is 2.56. The van der Waals surface area contributed by atoms with Crippen LogP contribution < -0.4 is 4.90 Å². The fourth-order valence-electron chi connectivity index (χ4n) is 1.73. The van der Waals surface area contributed by atoms with Gasteiger partial charge in [-0.1, -0.05) is 0 Å². The minimum Gasteiger partial charge on any atom is -0.478 e. The normalized spacial score (nSPS) is 20.8. The van der Waals surface area contributed by atoms with Gasteiger partial charge in [-0.15, -0.1) is 0 Å². The molecule has 86 valence electrons. The van der Waals surface area contributed by atoms with Gasteiger partial charge >= 0.3 is 5.97 Å². The molecule has 16 heavy (non-hydrogen) atoms. The van der Waals surface area contributed by atoms with Crippen LogP contribution in [-0.4, -0.2) is 45.3 Å². The van der Waals surface area contributed by atoms with Gasteiger partial charge in [0, 0.05) is 25.5 Å². The summed E-state index contributed by atoms with van der Waals surface area (Å²) in [5.74, 6) is -0.561. The Kier molecular flexibility index (Phi) is 3.00. The minimum absolute atomic E-state index is 0.0707. The Balaban J connectivity index is 2.11. The van der Waals surface area contributed by atoms with E-state index < -0.39 is 5.97 Å². The first-order valence-electron chi connectivity index (χ1n) is 5.15. The molecule has 2 rings (SSSR count). The molecule has 0 aromatic carbocycles. The number of carboxylic acid groups (broad SMARTS) is 1. The molecule has 0 bridgehead atoms. The number of aromatic nitrogens is 2. The molecule has 0 amide bonds. The van der Waals surface area contributed by atoms with E-state index in [9.17, 15) is 9.90 Å². The molecule has 6 nitrogen and oxygen atoms in total. The van der Waals surface area contributed by atoms with Crippen LogP contribution in [0.4, 0.5) is 5.95 Å². The van der Waals surface area contributed by atoms with Crippen molar-refractivity contribution in [1.82, 2.24) is 9.97 Å². The van der Waals surface area contributed by atoms with Crippen molar-refractivity contribution in [1.29, 1.82) is 0 Å². The lowest BCUT2D eigenvalue weighted by Gasteiger charge is -2.29. The Labute approximate surface area is 92.6 Å². The van der Waals surface area contributed by atoms with Crippen molar-refractivity contribution in [3.05, 3.63) is 18.0 Å². The first-order chi connectivity index (χ1) is 7.66. The molecule has 1 atom stereocenters. The molecule has 2 heterocycles. The second-order valence-corrected chi connectivity index (χ2v) is 3.82. The number of piperidine rings is 1. The average molecular weight is 223 g/mol. The summed E-state index contributed by atoms with van der Waals surface area (Å²) in [6.45, 7) is 1.30. The molecular weight excluding hydrogens is 210 g/mol. The number of aromatic carboxylic acids is 1. The summed E-state index contributed by atoms with van der Waals surface area (Å²) >= 11 is 0. The number of carbonyl (C=O) groups is 1. The number of aliphatic hydroxyl groups excluding tert-OH is 1. The van der Waals surface area contributed by atoms with E-state index in [1.54, 1.807) is 0 Å². The van der Waals surface area contributed by atoms with Crippen molar-refractivity contribution in [2.24, 2.45) is 0 Å². The highest BCUT2D eigenvalue weighted by Gasteiger charge is 2.19. The maximum Gasteiger partial charge on any atom is 0.338 e. The van der Waals surface area contributed by atoms with E-state index in [4.69, 9.17) is 5.11 Å². The van der Waals surface area contributed by atoms with Crippen LogP contribution in [-0.2, 0) is 0 Å². The van der Waals surface area contributed by atoms with Crippen molar-refractivity contribution in [2.75, 3.05) is 18.0 Å². The first kappa shape index (κ1) is 10.8. The highest BCUT2D eigenvalue weighted by Crippen LogP contribution is 2.15. The number of hydrogen-bond donors (Lipinski definition) is 2. The Morgan fingerprint density at radius 2 is 2.12 bits per heavy atom. The molecule has 1 unspecified atom stereocenters. The van der Waals surface area contributed by atoms with E-state index in [2.05, 4.69) is 9.97 Å². The van der Waals surface area contributed by atoms with E-state index in [0.717, 1.165) is 19.4 Å². The third kappa shape index (κ3) is 2.27. The van der Waals surface area contributed by atoms with E-state index in [1.807, 2.05) is 4.90 Å². The number of β-amino-alcohol motifs (C(OH)–C–C–N with tert-alkyl or cyclic N) is 1. The summed E-state index contributed by atoms with van der Waals surface area (Å²) in [6, 6.07) is 0. The largest absolute Gasteiger partial charge is 0.478 e. The van der Waals surface area contributed by atoms with E-state index in [1.165, 1.54) is 12.4 Å². The van der Waals surface area contributed by atoms with Gasteiger partial charge < -0.3 is 15.1 Å². The summed E-state index contributed by atoms with van der Waals surface area (Å²) in [7, 11) is 0. The Bertz CT molecular complexity index is 379. The first-order valence-corrected chi connectivity index (χ1v) is 5.15. The zero-order chi connectivity index (χ0) is 11.5. The van der Waals surface area contributed by atoms with Crippen LogP contribution in [0.15, 0.2) is 12.4 Å². The van der Waals surface area contributed by atoms with Gasteiger partial charge in [-0.3, -0.25) is 0 Å². The van der Waals surface area contributed by atoms with Gasteiger partial charge in [-0.2, -0.15) is 0 Å². The van der Waals surface area contributed by atoms with Gasteiger partial charge in [0.2, 0.25) is 5.95 Å². The summed E-state index contributed by atoms with van der Waals surface area (Å²) in [6.07, 6.45) is 3.91. The molecule has 0 spiro atoms. The second-order valence-electron chi connectivity index (χ2n) is 3.82. The predicted octanol–water partition coefficient (Wildman–Crippen LogP) is 0.136. The fraction of sp³-hybridized carbons (Fsp3) is 0.500. The summed E-state index contributed by atoms with van der Waals surface area (Å²) < 4.78 is 0. The quantitative estimate of drug-likeness (QED) is 0.741. The van der Waals surface area contributed by atoms with Gasteiger partial charge in [0.1, 0.15) is 0 Å². The second kappa shape index (κ2) is 4.44. The van der Waals surface area contributed by atoms with Crippen molar-refractivity contribution < 1.29 is 15.0 Å². The topological polar surface area (TPSA) is 86.5 Å². The lowest BCUT2D eigenvalue weighted by Crippen LogP contribution is -2.39. The van der Waals surface area contributed by atoms with Gasteiger partial charge in [-0.25, -0.2) is 14.8 Å². The number of nitrogens with zero attached hydrogens (tertiary/aromatic N) is 3. The highest BCUT2D eigenvalue weighted by molar-refractivity contribution is 5.86. The molecular formula is C10H13N3O3. The lowest BCUT2D eigenvalue weighted by atomic mass is 10.1. The Hall–Kier alpha value is -1.69. The fourth-order valence-corrected chi connectivity index (χ4v) is 1.73. The van der Waals surface area contributed by atoms with Gasteiger partial charge in [0.25, 0.3) is 0 Å². The van der Waals surface area contributed by atoms with Crippen molar-refractivity contribution in [3.8, 4) is 0 Å². The van der Waals surface area contributed by atoms with E-state index in [0.29, 0.717) is 12.5 Å². The summed E-state index contributed by atoms with van der Waals surface area (Å²) in [4.78, 5) is 20.4. The minimum atomic E-state index is -1.04. The molecule has 1 fully saturated rings. The zero-order valence-corrected chi connectivity index (χ0v) is 8.70. The molecule has 6 heteroatoms. The molecule has 1 aromatic heterocycles. The molecule has 1 aliphatic rings. The predicted molar refractivity (Wildman–Crippen MR) is 56.4 cm³/mol. The Morgan fingerprint density at radius 3 is 2.69 bits per heavy atom. The van der Waals surface area contributed by atoms with Gasteiger partial charge in [-0.05, 0) is 12.8 Å². The van der Waals surface area contributed by atoms with E-state index >= 15 is 0 Å². The molecule has 2 N–H and O–H groups in total.